The van der Waals surface area contributed by atoms with Crippen LogP contribution in [0.2, 0.25) is 5.02 Å². The second-order valence-corrected chi connectivity index (χ2v) is 3.49. The molecular formula is C11H5ClF2O2. The van der Waals surface area contributed by atoms with Crippen LogP contribution in [0.25, 0.3) is 0 Å². The Balaban J connectivity index is 2.49. The van der Waals surface area contributed by atoms with Gasteiger partial charge in [-0.3, -0.25) is 4.79 Å². The molecule has 16 heavy (non-hydrogen) atoms. The van der Waals surface area contributed by atoms with Gasteiger partial charge in [-0.1, -0.05) is 11.6 Å². The molecule has 0 radical (unpaired) electrons. The van der Waals surface area contributed by atoms with Gasteiger partial charge in [-0.15, -0.1) is 0 Å². The molecule has 0 spiro atoms. The van der Waals surface area contributed by atoms with E-state index in [0.717, 1.165) is 12.1 Å². The van der Waals surface area contributed by atoms with Crippen LogP contribution >= 0.6 is 11.6 Å². The first-order chi connectivity index (χ1) is 7.59. The van der Waals surface area contributed by atoms with E-state index in [2.05, 4.69) is 0 Å². The van der Waals surface area contributed by atoms with Gasteiger partial charge in [0.15, 0.2) is 17.4 Å². The van der Waals surface area contributed by atoms with E-state index in [9.17, 15) is 13.6 Å². The molecule has 2 rings (SSSR count). The van der Waals surface area contributed by atoms with E-state index in [4.69, 9.17) is 16.0 Å². The normalized spacial score (nSPS) is 10.4. The van der Waals surface area contributed by atoms with Crippen LogP contribution in [0.15, 0.2) is 35.1 Å². The number of benzene rings is 1. The van der Waals surface area contributed by atoms with E-state index >= 15 is 0 Å². The molecule has 2 nitrogen and oxygen atoms in total. The van der Waals surface area contributed by atoms with Crippen molar-refractivity contribution in [3.63, 3.8) is 0 Å². The Morgan fingerprint density at radius 1 is 1.25 bits per heavy atom. The number of ketones is 1. The van der Waals surface area contributed by atoms with E-state index < -0.39 is 17.4 Å². The lowest BCUT2D eigenvalue weighted by Crippen LogP contribution is -2.02. The van der Waals surface area contributed by atoms with Gasteiger partial charge < -0.3 is 4.42 Å². The first kappa shape index (κ1) is 10.8. The molecule has 0 aliphatic carbocycles. The summed E-state index contributed by atoms with van der Waals surface area (Å²) < 4.78 is 30.4. The number of carbonyl (C=O) groups excluding carboxylic acids is 1. The average Bonchev–Trinajstić information content (AvgIpc) is 2.75. The molecule has 1 heterocycles. The van der Waals surface area contributed by atoms with Crippen LogP contribution in [0.1, 0.15) is 15.9 Å². The SMILES string of the molecule is O=C(c1ccoc1)c1cc(F)c(F)cc1Cl. The minimum absolute atomic E-state index is 0.0954. The van der Waals surface area contributed by atoms with Crippen molar-refractivity contribution in [3.8, 4) is 0 Å². The molecule has 1 aromatic heterocycles. The largest absolute Gasteiger partial charge is 0.472 e. The van der Waals surface area contributed by atoms with Crippen molar-refractivity contribution in [1.29, 1.82) is 0 Å². The highest BCUT2D eigenvalue weighted by atomic mass is 35.5. The molecule has 1 aromatic carbocycles. The summed E-state index contributed by atoms with van der Waals surface area (Å²) in [6, 6.07) is 2.96. The van der Waals surface area contributed by atoms with Crippen molar-refractivity contribution >= 4 is 17.4 Å². The molecule has 0 aliphatic rings. The first-order valence-corrected chi connectivity index (χ1v) is 4.69. The predicted molar refractivity (Wildman–Crippen MR) is 53.5 cm³/mol. The molecule has 0 amide bonds. The Hall–Kier alpha value is -1.68. The Morgan fingerprint density at radius 3 is 2.56 bits per heavy atom. The molecule has 0 bridgehead atoms. The molecule has 82 valence electrons. The van der Waals surface area contributed by atoms with Gasteiger partial charge in [0.1, 0.15) is 6.26 Å². The molecule has 5 heteroatoms. The molecule has 0 N–H and O–H groups in total. The topological polar surface area (TPSA) is 30.2 Å². The second kappa shape index (κ2) is 4.06. The van der Waals surface area contributed by atoms with Crippen molar-refractivity contribution in [3.05, 3.63) is 58.5 Å². The molecule has 0 fully saturated rings. The quantitative estimate of drug-likeness (QED) is 0.596. The fraction of sp³-hybridized carbons (Fsp3) is 0. The van der Waals surface area contributed by atoms with E-state index in [-0.39, 0.29) is 16.1 Å². The first-order valence-electron chi connectivity index (χ1n) is 4.31. The fourth-order valence-electron chi connectivity index (χ4n) is 1.25. The standard InChI is InChI=1S/C11H5ClF2O2/c12-8-4-10(14)9(13)3-7(8)11(15)6-1-2-16-5-6/h1-5H. The Morgan fingerprint density at radius 2 is 1.94 bits per heavy atom. The summed E-state index contributed by atoms with van der Waals surface area (Å²) in [4.78, 5) is 11.8. The Bertz CT molecular complexity index is 535. The highest BCUT2D eigenvalue weighted by Gasteiger charge is 2.17. The lowest BCUT2D eigenvalue weighted by molar-refractivity contribution is 0.103. The van der Waals surface area contributed by atoms with E-state index in [1.807, 2.05) is 0 Å². The van der Waals surface area contributed by atoms with E-state index in [1.165, 1.54) is 18.6 Å². The Labute approximate surface area is 94.4 Å². The van der Waals surface area contributed by atoms with Crippen LogP contribution in [0.5, 0.6) is 0 Å². The molecule has 0 unspecified atom stereocenters. The lowest BCUT2D eigenvalue weighted by atomic mass is 10.1. The van der Waals surface area contributed by atoms with Crippen molar-refractivity contribution in [1.82, 2.24) is 0 Å². The van der Waals surface area contributed by atoms with Gasteiger partial charge in [-0.05, 0) is 18.2 Å². The summed E-state index contributed by atoms with van der Waals surface area (Å²) in [7, 11) is 0. The summed E-state index contributed by atoms with van der Waals surface area (Å²) >= 11 is 5.66. The maximum atomic E-state index is 13.0. The number of hydrogen-bond donors (Lipinski definition) is 0. The van der Waals surface area contributed by atoms with Crippen LogP contribution in [-0.4, -0.2) is 5.78 Å². The lowest BCUT2D eigenvalue weighted by Gasteiger charge is -2.02. The highest BCUT2D eigenvalue weighted by Crippen LogP contribution is 2.22. The summed E-state index contributed by atoms with van der Waals surface area (Å²) in [6.45, 7) is 0. The van der Waals surface area contributed by atoms with Gasteiger partial charge in [-0.2, -0.15) is 0 Å². The third-order valence-corrected chi connectivity index (χ3v) is 2.35. The molecule has 2 aromatic rings. The van der Waals surface area contributed by atoms with E-state index in [0.29, 0.717) is 0 Å². The van der Waals surface area contributed by atoms with Crippen molar-refractivity contribution < 1.29 is 18.0 Å². The zero-order chi connectivity index (χ0) is 11.7. The summed E-state index contributed by atoms with van der Waals surface area (Å²) in [5.41, 5.74) is 0.134. The summed E-state index contributed by atoms with van der Waals surface area (Å²) in [6.07, 6.45) is 2.51. The average molecular weight is 243 g/mol. The van der Waals surface area contributed by atoms with Gasteiger partial charge in [-0.25, -0.2) is 8.78 Å². The highest BCUT2D eigenvalue weighted by molar-refractivity contribution is 6.34. The van der Waals surface area contributed by atoms with E-state index in [1.54, 1.807) is 0 Å². The van der Waals surface area contributed by atoms with Crippen molar-refractivity contribution in [2.45, 2.75) is 0 Å². The molecule has 0 aliphatic heterocycles. The molecular weight excluding hydrogens is 238 g/mol. The minimum Gasteiger partial charge on any atom is -0.472 e. The zero-order valence-electron chi connectivity index (χ0n) is 7.84. The third-order valence-electron chi connectivity index (χ3n) is 2.04. The van der Waals surface area contributed by atoms with Crippen molar-refractivity contribution in [2.75, 3.05) is 0 Å². The molecule has 0 saturated carbocycles. The number of carbonyl (C=O) groups is 1. The monoisotopic (exact) mass is 242 g/mol. The maximum Gasteiger partial charge on any atom is 0.197 e. The van der Waals surface area contributed by atoms with Crippen LogP contribution in [0.3, 0.4) is 0 Å². The predicted octanol–water partition coefficient (Wildman–Crippen LogP) is 3.44. The molecule has 0 saturated heterocycles. The maximum absolute atomic E-state index is 13.0. The van der Waals surface area contributed by atoms with Gasteiger partial charge in [0.05, 0.1) is 16.8 Å². The number of hydrogen-bond acceptors (Lipinski definition) is 2. The smallest absolute Gasteiger partial charge is 0.197 e. The fourth-order valence-corrected chi connectivity index (χ4v) is 1.48. The van der Waals surface area contributed by atoms with Crippen LogP contribution in [0.4, 0.5) is 8.78 Å². The van der Waals surface area contributed by atoms with Crippen LogP contribution in [-0.2, 0) is 0 Å². The summed E-state index contributed by atoms with van der Waals surface area (Å²) in [5, 5.41) is -0.134. The zero-order valence-corrected chi connectivity index (χ0v) is 8.59. The minimum atomic E-state index is -1.11. The Kier molecular flexibility index (Phi) is 2.75. The van der Waals surface area contributed by atoms with Crippen molar-refractivity contribution in [2.24, 2.45) is 0 Å². The van der Waals surface area contributed by atoms with Gasteiger partial charge in [0.25, 0.3) is 0 Å². The van der Waals surface area contributed by atoms with Gasteiger partial charge in [0.2, 0.25) is 0 Å². The van der Waals surface area contributed by atoms with Crippen LogP contribution in [0, 0.1) is 11.6 Å². The van der Waals surface area contributed by atoms with Gasteiger partial charge in [0, 0.05) is 5.56 Å². The number of halogens is 3. The van der Waals surface area contributed by atoms with Gasteiger partial charge >= 0.3 is 0 Å². The molecule has 0 atom stereocenters. The second-order valence-electron chi connectivity index (χ2n) is 3.09. The number of furan rings is 1. The third kappa shape index (κ3) is 1.84. The summed E-state index contributed by atoms with van der Waals surface area (Å²) in [5.74, 6) is -2.72. The van der Waals surface area contributed by atoms with Crippen LogP contribution < -0.4 is 0 Å². The number of rotatable bonds is 2.